The van der Waals surface area contributed by atoms with Crippen molar-refractivity contribution in [3.8, 4) is 0 Å². The Morgan fingerprint density at radius 1 is 1.17 bits per heavy atom. The maximum Gasteiger partial charge on any atom is 0.317 e. The van der Waals surface area contributed by atoms with Crippen molar-refractivity contribution in [2.24, 2.45) is 11.8 Å². The molecule has 5 heteroatoms. The summed E-state index contributed by atoms with van der Waals surface area (Å²) in [5.41, 5.74) is 0. The Kier molecular flexibility index (Phi) is 7.63. The van der Waals surface area contributed by atoms with Crippen LogP contribution in [0.5, 0.6) is 0 Å². The molecule has 2 atom stereocenters. The third-order valence-corrected chi connectivity index (χ3v) is 5.03. The first-order chi connectivity index (χ1) is 11.1. The topological polar surface area (TPSA) is 44.8 Å². The van der Waals surface area contributed by atoms with Gasteiger partial charge < -0.3 is 15.0 Å². The Morgan fingerprint density at radius 2 is 1.87 bits per heavy atom. The molecular formula is C18H35N3O2. The number of hydrogen-bond acceptors (Lipinski definition) is 3. The average Bonchev–Trinajstić information content (AvgIpc) is 2.53. The van der Waals surface area contributed by atoms with Gasteiger partial charge in [0.2, 0.25) is 0 Å². The first-order valence-electron chi connectivity index (χ1n) is 9.43. The second-order valence-electron chi connectivity index (χ2n) is 7.58. The number of carbonyl (C=O) groups is 1. The first kappa shape index (κ1) is 18.5. The lowest BCUT2D eigenvalue weighted by Gasteiger charge is -2.35. The summed E-state index contributed by atoms with van der Waals surface area (Å²) in [6.45, 7) is 12.8. The summed E-state index contributed by atoms with van der Waals surface area (Å²) < 4.78 is 5.95. The Bertz CT molecular complexity index is 354. The highest BCUT2D eigenvalue weighted by molar-refractivity contribution is 5.74. The van der Waals surface area contributed by atoms with Crippen LogP contribution in [0, 0.1) is 11.8 Å². The highest BCUT2D eigenvalue weighted by Gasteiger charge is 2.23. The molecule has 0 aromatic rings. The lowest BCUT2D eigenvalue weighted by Crippen LogP contribution is -2.52. The van der Waals surface area contributed by atoms with E-state index in [9.17, 15) is 4.79 Å². The molecule has 0 bridgehead atoms. The molecule has 134 valence electrons. The molecule has 2 aliphatic rings. The van der Waals surface area contributed by atoms with E-state index in [2.05, 4.69) is 31.0 Å². The minimum absolute atomic E-state index is 0.0643. The highest BCUT2D eigenvalue weighted by Crippen LogP contribution is 2.25. The van der Waals surface area contributed by atoms with Gasteiger partial charge in [-0.25, -0.2) is 4.79 Å². The van der Waals surface area contributed by atoms with Crippen LogP contribution in [0.25, 0.3) is 0 Å². The molecule has 1 N–H and O–H groups in total. The van der Waals surface area contributed by atoms with Gasteiger partial charge in [0, 0.05) is 39.3 Å². The molecule has 1 aliphatic carbocycles. The second kappa shape index (κ2) is 9.48. The number of hydrogen-bond donors (Lipinski definition) is 1. The highest BCUT2D eigenvalue weighted by atomic mass is 16.5. The lowest BCUT2D eigenvalue weighted by atomic mass is 9.88. The van der Waals surface area contributed by atoms with Gasteiger partial charge in [0.05, 0.1) is 12.7 Å². The average molecular weight is 325 g/mol. The maximum absolute atomic E-state index is 12.2. The van der Waals surface area contributed by atoms with Gasteiger partial charge in [-0.3, -0.25) is 4.90 Å². The Labute approximate surface area is 141 Å². The van der Waals surface area contributed by atoms with Crippen LogP contribution in [0.1, 0.15) is 46.5 Å². The van der Waals surface area contributed by atoms with Gasteiger partial charge in [-0.15, -0.1) is 0 Å². The molecule has 2 amide bonds. The van der Waals surface area contributed by atoms with Gasteiger partial charge in [0.15, 0.2) is 0 Å². The van der Waals surface area contributed by atoms with E-state index in [-0.39, 0.29) is 6.03 Å². The molecule has 1 saturated heterocycles. The van der Waals surface area contributed by atoms with Gasteiger partial charge in [0.25, 0.3) is 0 Å². The molecule has 23 heavy (non-hydrogen) atoms. The van der Waals surface area contributed by atoms with Gasteiger partial charge in [-0.2, -0.15) is 0 Å². The molecule has 1 heterocycles. The molecular weight excluding hydrogens is 290 g/mol. The van der Waals surface area contributed by atoms with Crippen molar-refractivity contribution in [3.05, 3.63) is 0 Å². The monoisotopic (exact) mass is 325 g/mol. The largest absolute Gasteiger partial charge is 0.376 e. The van der Waals surface area contributed by atoms with E-state index in [0.29, 0.717) is 31.1 Å². The van der Waals surface area contributed by atoms with Crippen LogP contribution in [0.2, 0.25) is 0 Å². The molecule has 0 radical (unpaired) electrons. The van der Waals surface area contributed by atoms with Crippen molar-refractivity contribution in [3.63, 3.8) is 0 Å². The minimum atomic E-state index is 0.0643. The summed E-state index contributed by atoms with van der Waals surface area (Å²) in [6.07, 6.45) is 5.45. The quantitative estimate of drug-likeness (QED) is 0.764. The van der Waals surface area contributed by atoms with Gasteiger partial charge in [-0.05, 0) is 24.7 Å². The molecule has 2 unspecified atom stereocenters. The van der Waals surface area contributed by atoms with E-state index in [1.807, 2.05) is 4.90 Å². The normalized spacial score (nSPS) is 26.5. The number of ether oxygens (including phenoxy) is 1. The van der Waals surface area contributed by atoms with E-state index in [1.165, 1.54) is 25.7 Å². The van der Waals surface area contributed by atoms with E-state index >= 15 is 0 Å². The van der Waals surface area contributed by atoms with E-state index in [0.717, 1.165) is 32.7 Å². The molecule has 0 aromatic heterocycles. The number of amides is 2. The summed E-state index contributed by atoms with van der Waals surface area (Å²) in [6, 6.07) is 0.0643. The standard InChI is InChI=1S/C18H35N3O2/c1-15(2)14-20-9-11-21(12-10-20)18(22)19-8-13-23-17-7-5-4-6-16(17)3/h15-17H,4-14H2,1-3H3,(H,19,22). The van der Waals surface area contributed by atoms with E-state index in [4.69, 9.17) is 4.74 Å². The first-order valence-corrected chi connectivity index (χ1v) is 9.43. The van der Waals surface area contributed by atoms with Gasteiger partial charge in [0.1, 0.15) is 0 Å². The predicted octanol–water partition coefficient (Wildman–Crippen LogP) is 2.56. The summed E-state index contributed by atoms with van der Waals surface area (Å²) in [5.74, 6) is 1.35. The van der Waals surface area contributed by atoms with Crippen LogP contribution in [0.4, 0.5) is 4.79 Å². The van der Waals surface area contributed by atoms with Crippen molar-refractivity contribution >= 4 is 6.03 Å². The minimum Gasteiger partial charge on any atom is -0.376 e. The van der Waals surface area contributed by atoms with Gasteiger partial charge >= 0.3 is 6.03 Å². The molecule has 5 nitrogen and oxygen atoms in total. The second-order valence-corrected chi connectivity index (χ2v) is 7.58. The van der Waals surface area contributed by atoms with Crippen molar-refractivity contribution in [1.29, 1.82) is 0 Å². The zero-order chi connectivity index (χ0) is 16.7. The fourth-order valence-corrected chi connectivity index (χ4v) is 3.66. The predicted molar refractivity (Wildman–Crippen MR) is 93.6 cm³/mol. The third kappa shape index (κ3) is 6.30. The van der Waals surface area contributed by atoms with Crippen LogP contribution < -0.4 is 5.32 Å². The summed E-state index contributed by atoms with van der Waals surface area (Å²) in [7, 11) is 0. The third-order valence-electron chi connectivity index (χ3n) is 5.03. The summed E-state index contributed by atoms with van der Waals surface area (Å²) in [5, 5.41) is 3.01. The fourth-order valence-electron chi connectivity index (χ4n) is 3.66. The van der Waals surface area contributed by atoms with Crippen molar-refractivity contribution in [2.75, 3.05) is 45.9 Å². The van der Waals surface area contributed by atoms with Crippen LogP contribution >= 0.6 is 0 Å². The summed E-state index contributed by atoms with van der Waals surface area (Å²) >= 11 is 0. The Hall–Kier alpha value is -0.810. The van der Waals surface area contributed by atoms with Crippen LogP contribution in [-0.2, 0) is 4.74 Å². The van der Waals surface area contributed by atoms with E-state index < -0.39 is 0 Å². The SMILES string of the molecule is CC(C)CN1CCN(C(=O)NCCOC2CCCCC2C)CC1. The zero-order valence-electron chi connectivity index (χ0n) is 15.2. The number of nitrogens with zero attached hydrogens (tertiary/aromatic N) is 2. The van der Waals surface area contributed by atoms with Crippen LogP contribution in [-0.4, -0.2) is 67.8 Å². The summed E-state index contributed by atoms with van der Waals surface area (Å²) in [4.78, 5) is 16.6. The number of carbonyl (C=O) groups excluding carboxylic acids is 1. The van der Waals surface area contributed by atoms with Crippen molar-refractivity contribution in [2.45, 2.75) is 52.6 Å². The smallest absolute Gasteiger partial charge is 0.317 e. The zero-order valence-corrected chi connectivity index (χ0v) is 15.2. The molecule has 2 rings (SSSR count). The van der Waals surface area contributed by atoms with Gasteiger partial charge in [-0.1, -0.05) is 33.6 Å². The molecule has 1 saturated carbocycles. The maximum atomic E-state index is 12.2. The van der Waals surface area contributed by atoms with Crippen molar-refractivity contribution < 1.29 is 9.53 Å². The van der Waals surface area contributed by atoms with Crippen LogP contribution in [0.3, 0.4) is 0 Å². The molecule has 0 aromatic carbocycles. The Balaban J connectivity index is 1.56. The molecule has 1 aliphatic heterocycles. The Morgan fingerprint density at radius 3 is 2.52 bits per heavy atom. The number of piperazine rings is 1. The van der Waals surface area contributed by atoms with Crippen molar-refractivity contribution in [1.82, 2.24) is 15.1 Å². The molecule has 2 fully saturated rings. The lowest BCUT2D eigenvalue weighted by molar-refractivity contribution is -0.00284. The number of nitrogens with one attached hydrogen (secondary N) is 1. The fraction of sp³-hybridized carbons (Fsp3) is 0.944. The van der Waals surface area contributed by atoms with Crippen LogP contribution in [0.15, 0.2) is 0 Å². The van der Waals surface area contributed by atoms with E-state index in [1.54, 1.807) is 0 Å². The molecule has 0 spiro atoms. The number of rotatable bonds is 6. The number of urea groups is 1.